The van der Waals surface area contributed by atoms with E-state index in [0.717, 1.165) is 34.9 Å². The second-order valence-corrected chi connectivity index (χ2v) is 7.93. The molecule has 174 valence electrons. The molecule has 2 heterocycles. The topological polar surface area (TPSA) is 52.0 Å². The molecule has 2 radical (unpaired) electrons. The maximum absolute atomic E-state index is 12.9. The second kappa shape index (κ2) is 11.3. The molecule has 12 heteroatoms. The average Bonchev–Trinajstić information content (AvgIpc) is 3.14. The summed E-state index contributed by atoms with van der Waals surface area (Å²) in [7, 11) is 0. The first-order valence-corrected chi connectivity index (χ1v) is 10.9. The monoisotopic (exact) mass is 578 g/mol. The number of rotatable bonds is 6. The third-order valence-corrected chi connectivity index (χ3v) is 5.19. The number of ether oxygens (including phenoxy) is 1. The van der Waals surface area contributed by atoms with E-state index in [0.29, 0.717) is 11.5 Å². The molecule has 4 aromatic rings. The molecule has 33 heavy (non-hydrogen) atoms. The molecule has 0 spiro atoms. The summed E-state index contributed by atoms with van der Waals surface area (Å²) in [6, 6.07) is 11.5. The van der Waals surface area contributed by atoms with Crippen LogP contribution in [0.5, 0.6) is 11.5 Å². The first-order valence-electron chi connectivity index (χ1n) is 9.17. The molecule has 1 N–H and O–H groups in total. The van der Waals surface area contributed by atoms with Crippen molar-refractivity contribution >= 4 is 75.8 Å². The second-order valence-electron chi connectivity index (χ2n) is 6.59. The van der Waals surface area contributed by atoms with Crippen LogP contribution >= 0.6 is 36.4 Å². The molecule has 0 atom stereocenters. The molecule has 0 unspecified atom stereocenters. The minimum atomic E-state index is -4.45. The van der Waals surface area contributed by atoms with E-state index in [4.69, 9.17) is 16.3 Å². The van der Waals surface area contributed by atoms with Crippen molar-refractivity contribution in [2.75, 3.05) is 5.32 Å². The predicted molar refractivity (Wildman–Crippen MR) is 129 cm³/mol. The number of benzene rings is 2. The van der Waals surface area contributed by atoms with Crippen molar-refractivity contribution < 1.29 is 17.9 Å². The van der Waals surface area contributed by atoms with Gasteiger partial charge in [-0.25, -0.2) is 0 Å². The summed E-state index contributed by atoms with van der Waals surface area (Å²) in [5.74, 6) is 0.913. The maximum atomic E-state index is 12.9. The van der Waals surface area contributed by atoms with Crippen LogP contribution in [0, 0.1) is 0 Å². The number of halogens is 6. The molecule has 0 amide bonds. The maximum Gasteiger partial charge on any atom is -0.00708 e. The van der Waals surface area contributed by atoms with Crippen LogP contribution in [-0.2, 0) is 12.7 Å². The van der Waals surface area contributed by atoms with Crippen LogP contribution in [0.15, 0.2) is 61.1 Å². The summed E-state index contributed by atoms with van der Waals surface area (Å²) in [4.78, 5) is 8.63. The number of alkyl halides is 3. The van der Waals surface area contributed by atoms with E-state index in [1.807, 2.05) is 12.3 Å². The van der Waals surface area contributed by atoms with E-state index >= 15 is 0 Å². The molecule has 5 nitrogen and oxygen atoms in total. The van der Waals surface area contributed by atoms with Gasteiger partial charge in [-0.2, -0.15) is 13.2 Å². The van der Waals surface area contributed by atoms with E-state index in [1.165, 1.54) is 18.5 Å². The van der Waals surface area contributed by atoms with Gasteiger partial charge in [0.2, 0.25) is 0 Å². The Hall–Kier alpha value is -2.12. The number of hydrogen-bond donors (Lipinski definition) is 1. The van der Waals surface area contributed by atoms with Crippen molar-refractivity contribution in [2.45, 2.75) is 17.9 Å². The minimum Gasteiger partial charge on any atom is -0.00708 e. The van der Waals surface area contributed by atoms with Gasteiger partial charge in [-0.1, -0.05) is 6.07 Å². The van der Waals surface area contributed by atoms with E-state index in [9.17, 15) is 13.2 Å². The van der Waals surface area contributed by atoms with Crippen molar-refractivity contribution in [3.05, 3.63) is 71.6 Å². The number of nitrogens with zero attached hydrogens (tertiary/aromatic N) is 3. The van der Waals surface area contributed by atoms with Gasteiger partial charge in [0.05, 0.1) is 5.56 Å². The summed E-state index contributed by atoms with van der Waals surface area (Å²) in [5.41, 5.74) is 1.55. The first-order chi connectivity index (χ1) is 14.8. The number of aryl methyl sites for hydroxylation is 1. The normalized spacial score (nSPS) is 10.9. The van der Waals surface area contributed by atoms with Crippen molar-refractivity contribution in [2.24, 2.45) is 0 Å². The first kappa shape index (κ1) is 27.1. The van der Waals surface area contributed by atoms with Crippen LogP contribution in [0.4, 0.5) is 24.7 Å². The fraction of sp³-hybridized carbons (Fsp3) is 0.143. The van der Waals surface area contributed by atoms with Gasteiger partial charge < -0.3 is 0 Å². The fourth-order valence-electron chi connectivity index (χ4n) is 3.08. The zero-order valence-corrected chi connectivity index (χ0v) is 21.0. The Kier molecular flexibility index (Phi) is 9.32. The van der Waals surface area contributed by atoms with Crippen molar-refractivity contribution in [1.82, 2.24) is 14.5 Å². The third kappa shape index (κ3) is 6.27. The van der Waals surface area contributed by atoms with Crippen molar-refractivity contribution in [3.63, 3.8) is 0 Å². The molecule has 0 fully saturated rings. The molecule has 0 aliphatic carbocycles. The SMILES string of the molecule is Cl.Cl.FC(F)(F)c1cccc(Oc2ccc(Nc3ncnc4ccn(CC[As])c34)cc2Cl)c1. The van der Waals surface area contributed by atoms with Crippen LogP contribution in [-0.4, -0.2) is 31.4 Å². The third-order valence-electron chi connectivity index (χ3n) is 4.47. The van der Waals surface area contributed by atoms with Crippen LogP contribution in [0.3, 0.4) is 0 Å². The molecule has 2 aromatic carbocycles. The summed E-state index contributed by atoms with van der Waals surface area (Å²) >= 11 is 8.86. The Morgan fingerprint density at radius 1 is 1.06 bits per heavy atom. The Labute approximate surface area is 214 Å². The summed E-state index contributed by atoms with van der Waals surface area (Å²) in [6.07, 6.45) is -1.02. The van der Waals surface area contributed by atoms with Crippen molar-refractivity contribution in [3.8, 4) is 11.5 Å². The van der Waals surface area contributed by atoms with E-state index in [-0.39, 0.29) is 41.3 Å². The summed E-state index contributed by atoms with van der Waals surface area (Å²) in [5, 5.41) is 4.37. The Morgan fingerprint density at radius 2 is 1.85 bits per heavy atom. The molecular weight excluding hydrogens is 563 g/mol. The number of anilines is 2. The van der Waals surface area contributed by atoms with Gasteiger partial charge in [-0.05, 0) is 18.2 Å². The standard InChI is InChI=1S/C21H15AsClF3N4O.2ClH/c22-7-9-30-8-6-17-19(30)20(28-12-27-17)29-14-4-5-18(16(23)11-14)31-15-3-1-2-13(10-15)21(24,25)26;;/h1-6,8,10-12H,7,9H2,(H,27,28,29);2*1H. The van der Waals surface area contributed by atoms with Crippen LogP contribution in [0.1, 0.15) is 5.56 Å². The van der Waals surface area contributed by atoms with Crippen LogP contribution in [0.25, 0.3) is 11.0 Å². The van der Waals surface area contributed by atoms with Gasteiger partial charge in [0, 0.05) is 0 Å². The molecule has 4 rings (SSSR count). The number of nitrogens with one attached hydrogen (secondary N) is 1. The predicted octanol–water partition coefficient (Wildman–Crippen LogP) is 7.07. The van der Waals surface area contributed by atoms with Crippen LogP contribution < -0.4 is 10.1 Å². The van der Waals surface area contributed by atoms with Crippen molar-refractivity contribution in [1.29, 1.82) is 0 Å². The van der Waals surface area contributed by atoms with Gasteiger partial charge in [-0.15, -0.1) is 24.8 Å². The summed E-state index contributed by atoms with van der Waals surface area (Å²) < 4.78 is 46.3. The Morgan fingerprint density at radius 3 is 2.55 bits per heavy atom. The Balaban J connectivity index is 0.00000193. The molecule has 0 saturated carbocycles. The van der Waals surface area contributed by atoms with Gasteiger partial charge in [0.1, 0.15) is 0 Å². The van der Waals surface area contributed by atoms with E-state index in [2.05, 4.69) is 36.7 Å². The zero-order valence-electron chi connectivity index (χ0n) is 16.7. The number of hydrogen-bond acceptors (Lipinski definition) is 4. The molecular formula is C21H17AsCl3F3N4O. The van der Waals surface area contributed by atoms with Gasteiger partial charge in [-0.3, -0.25) is 0 Å². The number of fused-ring (bicyclic) bond motifs is 1. The molecule has 0 saturated heterocycles. The molecule has 0 aliphatic rings. The molecule has 0 aliphatic heterocycles. The Bertz CT molecular complexity index is 1240. The number of aromatic nitrogens is 3. The quantitative estimate of drug-likeness (QED) is 0.248. The average molecular weight is 580 g/mol. The van der Waals surface area contributed by atoms with Crippen LogP contribution in [0.2, 0.25) is 10.2 Å². The minimum absolute atomic E-state index is 0. The smallest absolute Gasteiger partial charge is 0.00708 e. The van der Waals surface area contributed by atoms with E-state index in [1.54, 1.807) is 18.2 Å². The van der Waals surface area contributed by atoms with Gasteiger partial charge >= 0.3 is 147 Å². The zero-order chi connectivity index (χ0) is 22.0. The fourth-order valence-corrected chi connectivity index (χ4v) is 3.75. The summed E-state index contributed by atoms with van der Waals surface area (Å²) in [6.45, 7) is 0.802. The largest absolute Gasteiger partial charge is 0.00708 e. The van der Waals surface area contributed by atoms with Gasteiger partial charge in [0.15, 0.2) is 0 Å². The van der Waals surface area contributed by atoms with E-state index < -0.39 is 11.7 Å². The molecule has 0 bridgehead atoms. The molecule has 2 aromatic heterocycles. The van der Waals surface area contributed by atoms with Gasteiger partial charge in [0.25, 0.3) is 0 Å².